The number of ether oxygens (including phenoxy) is 2. The highest BCUT2D eigenvalue weighted by Crippen LogP contribution is 2.32. The third kappa shape index (κ3) is 4.35. The Morgan fingerprint density at radius 3 is 2.45 bits per heavy atom. The van der Waals surface area contributed by atoms with Crippen molar-refractivity contribution in [3.05, 3.63) is 77.5 Å². The number of carbonyl (C=O) groups excluding carboxylic acids is 2. The molecule has 0 fully saturated rings. The molecule has 3 aromatic rings. The fourth-order valence-corrected chi connectivity index (χ4v) is 2.87. The molecule has 2 aromatic carbocycles. The number of rotatable bonds is 6. The van der Waals surface area contributed by atoms with Gasteiger partial charge in [0, 0.05) is 24.0 Å². The van der Waals surface area contributed by atoms with Crippen LogP contribution in [0.15, 0.2) is 60.8 Å². The molecule has 1 aliphatic heterocycles. The van der Waals surface area contributed by atoms with Crippen LogP contribution in [0.4, 0.5) is 11.5 Å². The number of pyridine rings is 1. The normalized spacial score (nSPS) is 11.8. The number of fused-ring (bicyclic) bond motifs is 1. The zero-order valence-electron chi connectivity index (χ0n) is 15.8. The molecule has 7 heteroatoms. The summed E-state index contributed by atoms with van der Waals surface area (Å²) in [5.74, 6) is 1.81. The number of aromatic nitrogens is 1. The largest absolute Gasteiger partial charge is 0.454 e. The zero-order chi connectivity index (χ0) is 20.2. The summed E-state index contributed by atoms with van der Waals surface area (Å²) in [5, 5.41) is 6.00. The lowest BCUT2D eigenvalue weighted by Gasteiger charge is -2.08. The number of hydrogen-bond donors (Lipinski definition) is 2. The van der Waals surface area contributed by atoms with E-state index < -0.39 is 0 Å². The molecule has 7 nitrogen and oxygen atoms in total. The molecule has 1 amide bonds. The van der Waals surface area contributed by atoms with Gasteiger partial charge in [0.25, 0.3) is 5.91 Å². The Morgan fingerprint density at radius 2 is 1.72 bits per heavy atom. The predicted molar refractivity (Wildman–Crippen MR) is 108 cm³/mol. The van der Waals surface area contributed by atoms with Crippen LogP contribution in [0.5, 0.6) is 11.5 Å². The predicted octanol–water partition coefficient (Wildman–Crippen LogP) is 3.69. The third-order valence-corrected chi connectivity index (χ3v) is 4.48. The number of nitrogens with zero attached hydrogens (tertiary/aromatic N) is 1. The van der Waals surface area contributed by atoms with Crippen LogP contribution in [0.2, 0.25) is 0 Å². The number of amides is 1. The van der Waals surface area contributed by atoms with Crippen LogP contribution in [-0.4, -0.2) is 23.5 Å². The maximum absolute atomic E-state index is 12.4. The fourth-order valence-electron chi connectivity index (χ4n) is 2.87. The standard InChI is InChI=1S/C22H19N3O4/c1-14(26)16-3-6-18(7-4-16)25-21-9-5-17(12-23-21)22(27)24-11-15-2-8-19-20(10-15)29-13-28-19/h2-10,12H,11,13H2,1H3,(H,23,25)(H,24,27). The highest BCUT2D eigenvalue weighted by Gasteiger charge is 2.14. The van der Waals surface area contributed by atoms with Crippen LogP contribution in [0, 0.1) is 0 Å². The van der Waals surface area contributed by atoms with Gasteiger partial charge in [0.05, 0.1) is 5.56 Å². The number of carbonyl (C=O) groups is 2. The second-order valence-corrected chi connectivity index (χ2v) is 6.56. The molecule has 0 unspecified atom stereocenters. The zero-order valence-corrected chi connectivity index (χ0v) is 15.8. The molecule has 4 rings (SSSR count). The molecule has 0 atom stereocenters. The van der Waals surface area contributed by atoms with Gasteiger partial charge in [-0.2, -0.15) is 0 Å². The van der Waals surface area contributed by atoms with E-state index >= 15 is 0 Å². The Kier molecular flexibility index (Phi) is 5.11. The number of nitrogens with one attached hydrogen (secondary N) is 2. The third-order valence-electron chi connectivity index (χ3n) is 4.48. The van der Waals surface area contributed by atoms with Gasteiger partial charge < -0.3 is 20.1 Å². The Bertz CT molecular complexity index is 1050. The van der Waals surface area contributed by atoms with Crippen molar-refractivity contribution in [1.82, 2.24) is 10.3 Å². The molecule has 0 spiro atoms. The lowest BCUT2D eigenvalue weighted by atomic mass is 10.1. The van der Waals surface area contributed by atoms with E-state index in [0.717, 1.165) is 11.3 Å². The first kappa shape index (κ1) is 18.5. The molecule has 29 heavy (non-hydrogen) atoms. The average molecular weight is 389 g/mol. The van der Waals surface area contributed by atoms with Crippen LogP contribution >= 0.6 is 0 Å². The van der Waals surface area contributed by atoms with Crippen LogP contribution in [-0.2, 0) is 6.54 Å². The Labute approximate surface area is 167 Å². The Morgan fingerprint density at radius 1 is 0.966 bits per heavy atom. The van der Waals surface area contributed by atoms with E-state index in [9.17, 15) is 9.59 Å². The van der Waals surface area contributed by atoms with Crippen LogP contribution < -0.4 is 20.1 Å². The van der Waals surface area contributed by atoms with E-state index in [0.29, 0.717) is 35.0 Å². The molecule has 0 saturated heterocycles. The van der Waals surface area contributed by atoms with Gasteiger partial charge in [-0.1, -0.05) is 6.07 Å². The van der Waals surface area contributed by atoms with Crippen molar-refractivity contribution < 1.29 is 19.1 Å². The van der Waals surface area contributed by atoms with Crippen LogP contribution in [0.25, 0.3) is 0 Å². The van der Waals surface area contributed by atoms with Crippen LogP contribution in [0.3, 0.4) is 0 Å². The van der Waals surface area contributed by atoms with Crippen molar-refractivity contribution >= 4 is 23.2 Å². The van der Waals surface area contributed by atoms with Gasteiger partial charge in [0.1, 0.15) is 5.82 Å². The maximum Gasteiger partial charge on any atom is 0.253 e. The summed E-state index contributed by atoms with van der Waals surface area (Å²) in [6.45, 7) is 2.12. The first-order chi connectivity index (χ1) is 14.1. The first-order valence-corrected chi connectivity index (χ1v) is 9.09. The first-order valence-electron chi connectivity index (χ1n) is 9.09. The smallest absolute Gasteiger partial charge is 0.253 e. The number of benzene rings is 2. The lowest BCUT2D eigenvalue weighted by molar-refractivity contribution is 0.0949. The van der Waals surface area contributed by atoms with Gasteiger partial charge in [-0.15, -0.1) is 0 Å². The van der Waals surface area contributed by atoms with Crippen molar-refractivity contribution in [3.8, 4) is 11.5 Å². The number of hydrogen-bond acceptors (Lipinski definition) is 6. The van der Waals surface area contributed by atoms with Gasteiger partial charge in [0.2, 0.25) is 6.79 Å². The molecular formula is C22H19N3O4. The molecule has 2 N–H and O–H groups in total. The van der Waals surface area contributed by atoms with E-state index in [1.165, 1.54) is 13.1 Å². The van der Waals surface area contributed by atoms with Gasteiger partial charge in [-0.3, -0.25) is 9.59 Å². The molecule has 1 aromatic heterocycles. The Balaban J connectivity index is 1.34. The Hall–Kier alpha value is -3.87. The van der Waals surface area contributed by atoms with E-state index in [-0.39, 0.29) is 18.5 Å². The molecule has 0 radical (unpaired) electrons. The van der Waals surface area contributed by atoms with Crippen molar-refractivity contribution in [2.24, 2.45) is 0 Å². The van der Waals surface area contributed by atoms with Crippen molar-refractivity contribution in [3.63, 3.8) is 0 Å². The quantitative estimate of drug-likeness (QED) is 0.625. The highest BCUT2D eigenvalue weighted by atomic mass is 16.7. The molecule has 2 heterocycles. The van der Waals surface area contributed by atoms with Gasteiger partial charge in [-0.05, 0) is 61.0 Å². The minimum atomic E-state index is -0.215. The second kappa shape index (κ2) is 8.02. The van der Waals surface area contributed by atoms with Crippen molar-refractivity contribution in [2.75, 3.05) is 12.1 Å². The summed E-state index contributed by atoms with van der Waals surface area (Å²) in [6, 6.07) is 16.1. The van der Waals surface area contributed by atoms with E-state index in [1.54, 1.807) is 24.3 Å². The number of anilines is 2. The second-order valence-electron chi connectivity index (χ2n) is 6.56. The van der Waals surface area contributed by atoms with Gasteiger partial charge >= 0.3 is 0 Å². The average Bonchev–Trinajstić information content (AvgIpc) is 3.21. The number of Topliss-reactive ketones (excluding diaryl/α,β-unsaturated/α-hetero) is 1. The van der Waals surface area contributed by atoms with Gasteiger partial charge in [-0.25, -0.2) is 4.98 Å². The molecule has 1 aliphatic rings. The highest BCUT2D eigenvalue weighted by molar-refractivity contribution is 5.95. The molecular weight excluding hydrogens is 370 g/mol. The van der Waals surface area contributed by atoms with E-state index in [2.05, 4.69) is 15.6 Å². The minimum Gasteiger partial charge on any atom is -0.454 e. The molecule has 0 aliphatic carbocycles. The fraction of sp³-hybridized carbons (Fsp3) is 0.136. The summed E-state index contributed by atoms with van der Waals surface area (Å²) in [5.41, 5.74) is 2.84. The van der Waals surface area contributed by atoms with E-state index in [1.807, 2.05) is 30.3 Å². The SMILES string of the molecule is CC(=O)c1ccc(Nc2ccc(C(=O)NCc3ccc4c(c3)OCO4)cn2)cc1. The molecule has 0 saturated carbocycles. The lowest BCUT2D eigenvalue weighted by Crippen LogP contribution is -2.22. The monoisotopic (exact) mass is 389 g/mol. The maximum atomic E-state index is 12.4. The summed E-state index contributed by atoms with van der Waals surface area (Å²) < 4.78 is 10.6. The van der Waals surface area contributed by atoms with Gasteiger partial charge in [0.15, 0.2) is 17.3 Å². The number of ketones is 1. The molecule has 0 bridgehead atoms. The summed E-state index contributed by atoms with van der Waals surface area (Å²) >= 11 is 0. The van der Waals surface area contributed by atoms with Crippen LogP contribution in [0.1, 0.15) is 33.2 Å². The summed E-state index contributed by atoms with van der Waals surface area (Å²) in [4.78, 5) is 28.0. The topological polar surface area (TPSA) is 89.6 Å². The van der Waals surface area contributed by atoms with E-state index in [4.69, 9.17) is 9.47 Å². The molecule has 146 valence electrons. The van der Waals surface area contributed by atoms with Crippen molar-refractivity contribution in [2.45, 2.75) is 13.5 Å². The minimum absolute atomic E-state index is 0.0192. The van der Waals surface area contributed by atoms with Crippen molar-refractivity contribution in [1.29, 1.82) is 0 Å². The summed E-state index contributed by atoms with van der Waals surface area (Å²) in [7, 11) is 0. The summed E-state index contributed by atoms with van der Waals surface area (Å²) in [6.07, 6.45) is 1.52.